The molecule has 3 rings (SSSR count). The second-order valence-electron chi connectivity index (χ2n) is 7.45. The van der Waals surface area contributed by atoms with E-state index in [1.165, 1.54) is 10.4 Å². The number of hydrogen-bond donors (Lipinski definition) is 1. The van der Waals surface area contributed by atoms with Crippen LogP contribution in [0.2, 0.25) is 0 Å². The fourth-order valence-corrected chi connectivity index (χ4v) is 5.50. The molecule has 27 heavy (non-hydrogen) atoms. The van der Waals surface area contributed by atoms with Crippen molar-refractivity contribution in [1.82, 2.24) is 15.1 Å². The van der Waals surface area contributed by atoms with Crippen LogP contribution in [0, 0.1) is 0 Å². The molecule has 0 atom stereocenters. The van der Waals surface area contributed by atoms with Gasteiger partial charge in [-0.3, -0.25) is 9.79 Å². The van der Waals surface area contributed by atoms with E-state index in [9.17, 15) is 4.79 Å². The third-order valence-electron chi connectivity index (χ3n) is 4.81. The molecule has 2 aliphatic rings. The zero-order chi connectivity index (χ0) is 18.6. The molecule has 1 amide bonds. The highest BCUT2D eigenvalue weighted by Gasteiger charge is 2.28. The van der Waals surface area contributed by atoms with E-state index in [1.54, 1.807) is 11.3 Å². The van der Waals surface area contributed by atoms with E-state index in [4.69, 9.17) is 4.99 Å². The van der Waals surface area contributed by atoms with E-state index in [2.05, 4.69) is 42.4 Å². The molecule has 3 heterocycles. The van der Waals surface area contributed by atoms with Crippen LogP contribution in [0.25, 0.3) is 0 Å². The molecule has 8 heteroatoms. The number of nitrogens with zero attached hydrogens (tertiary/aromatic N) is 3. The number of thioether (sulfide) groups is 1. The van der Waals surface area contributed by atoms with Crippen LogP contribution < -0.4 is 5.32 Å². The minimum absolute atomic E-state index is 0. The standard InChI is InChI=1S/C19H30N4OS2.HI/c1-4-20-18(23-10-12-26-19(2,3)14-23)21-8-5-17(24)22-9-6-16-15(13-22)7-11-25-16;/h7,11H,4-6,8-10,12-14H2,1-3H3,(H,20,21);1H. The number of thiophene rings is 1. The molecule has 0 aromatic carbocycles. The number of fused-ring (bicyclic) bond motifs is 1. The van der Waals surface area contributed by atoms with Gasteiger partial charge in [-0.25, -0.2) is 0 Å². The van der Waals surface area contributed by atoms with Gasteiger partial charge in [-0.2, -0.15) is 11.8 Å². The van der Waals surface area contributed by atoms with Crippen molar-refractivity contribution in [1.29, 1.82) is 0 Å². The van der Waals surface area contributed by atoms with Crippen molar-refractivity contribution in [3.8, 4) is 0 Å². The van der Waals surface area contributed by atoms with Crippen molar-refractivity contribution < 1.29 is 4.79 Å². The number of nitrogens with one attached hydrogen (secondary N) is 1. The molecule has 2 aliphatic heterocycles. The van der Waals surface area contributed by atoms with E-state index < -0.39 is 0 Å². The lowest BCUT2D eigenvalue weighted by Crippen LogP contribution is -2.51. The predicted octanol–water partition coefficient (Wildman–Crippen LogP) is 3.43. The van der Waals surface area contributed by atoms with Crippen LogP contribution in [0.15, 0.2) is 16.4 Å². The number of carbonyl (C=O) groups excluding carboxylic acids is 1. The second kappa shape index (κ2) is 10.3. The summed E-state index contributed by atoms with van der Waals surface area (Å²) in [6.07, 6.45) is 1.48. The third kappa shape index (κ3) is 6.25. The number of hydrogen-bond acceptors (Lipinski definition) is 4. The first-order valence-electron chi connectivity index (χ1n) is 9.49. The first-order valence-corrected chi connectivity index (χ1v) is 11.4. The zero-order valence-electron chi connectivity index (χ0n) is 16.5. The fraction of sp³-hybridized carbons (Fsp3) is 0.684. The molecule has 5 nitrogen and oxygen atoms in total. The van der Waals surface area contributed by atoms with E-state index in [0.717, 1.165) is 50.9 Å². The number of amides is 1. The smallest absolute Gasteiger partial charge is 0.224 e. The zero-order valence-corrected chi connectivity index (χ0v) is 20.5. The van der Waals surface area contributed by atoms with Gasteiger partial charge in [0.15, 0.2) is 5.96 Å². The van der Waals surface area contributed by atoms with Gasteiger partial charge in [0.25, 0.3) is 0 Å². The number of carbonyl (C=O) groups is 1. The van der Waals surface area contributed by atoms with Gasteiger partial charge < -0.3 is 15.1 Å². The van der Waals surface area contributed by atoms with Crippen molar-refractivity contribution in [2.24, 2.45) is 4.99 Å². The van der Waals surface area contributed by atoms with Crippen molar-refractivity contribution in [3.63, 3.8) is 0 Å². The van der Waals surface area contributed by atoms with Gasteiger partial charge >= 0.3 is 0 Å². The maximum absolute atomic E-state index is 12.6. The minimum Gasteiger partial charge on any atom is -0.357 e. The summed E-state index contributed by atoms with van der Waals surface area (Å²) in [5, 5.41) is 5.53. The van der Waals surface area contributed by atoms with Crippen LogP contribution in [0.1, 0.15) is 37.6 Å². The summed E-state index contributed by atoms with van der Waals surface area (Å²) >= 11 is 3.82. The highest BCUT2D eigenvalue weighted by Crippen LogP contribution is 2.29. The molecule has 0 saturated carbocycles. The highest BCUT2D eigenvalue weighted by molar-refractivity contribution is 14.0. The van der Waals surface area contributed by atoms with Gasteiger partial charge in [0.2, 0.25) is 5.91 Å². The van der Waals surface area contributed by atoms with Crippen LogP contribution in [0.5, 0.6) is 0 Å². The number of aliphatic imine (C=N–C) groups is 1. The van der Waals surface area contributed by atoms with Crippen LogP contribution in [0.4, 0.5) is 0 Å². The maximum atomic E-state index is 12.6. The van der Waals surface area contributed by atoms with Crippen molar-refractivity contribution in [2.75, 3.05) is 38.5 Å². The Bertz CT molecular complexity index is 662. The molecule has 0 spiro atoms. The Morgan fingerprint density at radius 1 is 1.33 bits per heavy atom. The minimum atomic E-state index is 0. The number of halogens is 1. The Morgan fingerprint density at radius 2 is 2.15 bits per heavy atom. The third-order valence-corrected chi connectivity index (χ3v) is 7.13. The second-order valence-corrected chi connectivity index (χ2v) is 10.3. The van der Waals surface area contributed by atoms with Gasteiger partial charge in [0.1, 0.15) is 0 Å². The highest BCUT2D eigenvalue weighted by atomic mass is 127. The lowest BCUT2D eigenvalue weighted by molar-refractivity contribution is -0.131. The van der Waals surface area contributed by atoms with Crippen molar-refractivity contribution >= 4 is 58.9 Å². The average Bonchev–Trinajstić information content (AvgIpc) is 3.07. The summed E-state index contributed by atoms with van der Waals surface area (Å²) in [5.41, 5.74) is 1.32. The average molecular weight is 523 g/mol. The summed E-state index contributed by atoms with van der Waals surface area (Å²) in [4.78, 5) is 23.1. The molecule has 0 bridgehead atoms. The fourth-order valence-electron chi connectivity index (χ4n) is 3.50. The predicted molar refractivity (Wildman–Crippen MR) is 128 cm³/mol. The largest absolute Gasteiger partial charge is 0.357 e. The number of guanidine groups is 1. The summed E-state index contributed by atoms with van der Waals surface area (Å²) < 4.78 is 0.246. The molecule has 1 N–H and O–H groups in total. The lowest BCUT2D eigenvalue weighted by Gasteiger charge is -2.39. The SMILES string of the molecule is CCNC(=NCCC(=O)N1CCc2sccc2C1)N1CCSC(C)(C)C1.I. The van der Waals surface area contributed by atoms with E-state index in [0.29, 0.717) is 13.0 Å². The molecule has 0 unspecified atom stereocenters. The monoisotopic (exact) mass is 522 g/mol. The van der Waals surface area contributed by atoms with Gasteiger partial charge in [-0.05, 0) is 44.2 Å². The van der Waals surface area contributed by atoms with Crippen LogP contribution in [-0.2, 0) is 17.8 Å². The van der Waals surface area contributed by atoms with Gasteiger partial charge in [0.05, 0.1) is 6.54 Å². The quantitative estimate of drug-likeness (QED) is 0.374. The first kappa shape index (κ1) is 22.8. The molecule has 152 valence electrons. The Hall–Kier alpha value is -0.480. The molecular weight excluding hydrogens is 491 g/mol. The lowest BCUT2D eigenvalue weighted by atomic mass is 10.1. The molecular formula is C19H31IN4OS2. The van der Waals surface area contributed by atoms with Gasteiger partial charge in [-0.1, -0.05) is 0 Å². The topological polar surface area (TPSA) is 47.9 Å². The summed E-state index contributed by atoms with van der Waals surface area (Å²) in [6.45, 7) is 11.7. The van der Waals surface area contributed by atoms with Gasteiger partial charge in [-0.15, -0.1) is 35.3 Å². The maximum Gasteiger partial charge on any atom is 0.224 e. The van der Waals surface area contributed by atoms with Gasteiger partial charge in [0, 0.05) is 54.5 Å². The Morgan fingerprint density at radius 3 is 2.89 bits per heavy atom. The summed E-state index contributed by atoms with van der Waals surface area (Å²) in [5.74, 6) is 2.29. The summed E-state index contributed by atoms with van der Waals surface area (Å²) in [7, 11) is 0. The van der Waals surface area contributed by atoms with Crippen LogP contribution in [-0.4, -0.2) is 64.9 Å². The van der Waals surface area contributed by atoms with E-state index >= 15 is 0 Å². The molecule has 1 aromatic rings. The first-order chi connectivity index (χ1) is 12.5. The van der Waals surface area contributed by atoms with Crippen LogP contribution in [0.3, 0.4) is 0 Å². The summed E-state index contributed by atoms with van der Waals surface area (Å²) in [6, 6.07) is 2.15. The molecule has 1 fully saturated rings. The molecule has 1 saturated heterocycles. The Labute approximate surface area is 188 Å². The van der Waals surface area contributed by atoms with E-state index in [-0.39, 0.29) is 34.6 Å². The van der Waals surface area contributed by atoms with Crippen LogP contribution >= 0.6 is 47.1 Å². The molecule has 0 aliphatic carbocycles. The molecule has 0 radical (unpaired) electrons. The Balaban J connectivity index is 0.00000261. The van der Waals surface area contributed by atoms with Crippen molar-refractivity contribution in [3.05, 3.63) is 21.9 Å². The molecule has 1 aromatic heterocycles. The van der Waals surface area contributed by atoms with E-state index in [1.807, 2.05) is 16.7 Å². The Kier molecular flexibility index (Phi) is 8.73. The number of rotatable bonds is 4. The van der Waals surface area contributed by atoms with Crippen molar-refractivity contribution in [2.45, 2.75) is 44.9 Å². The normalized spacial score (nSPS) is 19.3.